The third-order valence-electron chi connectivity index (χ3n) is 5.51. The van der Waals surface area contributed by atoms with Crippen LogP contribution in [0.3, 0.4) is 0 Å². The van der Waals surface area contributed by atoms with Gasteiger partial charge < -0.3 is 4.42 Å². The molecule has 0 saturated heterocycles. The van der Waals surface area contributed by atoms with Crippen molar-refractivity contribution in [1.29, 1.82) is 0 Å². The highest BCUT2D eigenvalue weighted by Gasteiger charge is 2.31. The fourth-order valence-corrected chi connectivity index (χ4v) is 4.64. The summed E-state index contributed by atoms with van der Waals surface area (Å²) in [5.74, 6) is 1.31. The number of amides is 1. The van der Waals surface area contributed by atoms with E-state index in [9.17, 15) is 4.79 Å². The maximum atomic E-state index is 13.6. The van der Waals surface area contributed by atoms with E-state index < -0.39 is 0 Å². The van der Waals surface area contributed by atoms with Gasteiger partial charge in [0.2, 0.25) is 0 Å². The second-order valence-corrected chi connectivity index (χ2v) is 9.61. The lowest BCUT2D eigenvalue weighted by atomic mass is 10.1. The molecule has 33 heavy (non-hydrogen) atoms. The van der Waals surface area contributed by atoms with Gasteiger partial charge >= 0.3 is 0 Å². The number of carbonyl (C=O) groups is 1. The molecule has 3 nitrogen and oxygen atoms in total. The number of benzene rings is 3. The van der Waals surface area contributed by atoms with Gasteiger partial charge in [-0.15, -0.1) is 0 Å². The minimum absolute atomic E-state index is 0.0825. The number of carbonyl (C=O) groups excluding carboxylic acids is 1. The highest BCUT2D eigenvalue weighted by Crippen LogP contribution is 2.38. The van der Waals surface area contributed by atoms with Crippen LogP contribution in [0.1, 0.15) is 16.9 Å². The van der Waals surface area contributed by atoms with Crippen LogP contribution in [0.15, 0.2) is 110 Å². The van der Waals surface area contributed by atoms with Crippen LogP contribution in [0.2, 0.25) is 0 Å². The summed E-state index contributed by atoms with van der Waals surface area (Å²) in [5.41, 5.74) is 5.25. The second-order valence-electron chi connectivity index (χ2n) is 7.78. The SMILES string of the molecule is Cc1cc(Br)ccc1N1C(=O)/C(=C/c2ccc(-c3ccc(Br)cc3)o2)C=C1c1ccccc1. The molecule has 162 valence electrons. The first-order valence-electron chi connectivity index (χ1n) is 10.4. The number of aryl methyl sites for hydroxylation is 1. The van der Waals surface area contributed by atoms with Crippen molar-refractivity contribution < 1.29 is 9.21 Å². The zero-order valence-electron chi connectivity index (χ0n) is 17.8. The second kappa shape index (κ2) is 9.00. The lowest BCUT2D eigenvalue weighted by molar-refractivity contribution is -0.113. The third-order valence-corrected chi connectivity index (χ3v) is 6.53. The molecule has 0 radical (unpaired) electrons. The molecule has 1 aliphatic heterocycles. The molecule has 0 atom stereocenters. The van der Waals surface area contributed by atoms with Gasteiger partial charge in [0, 0.05) is 20.1 Å². The maximum Gasteiger partial charge on any atom is 0.263 e. The van der Waals surface area contributed by atoms with E-state index in [0.29, 0.717) is 11.3 Å². The third kappa shape index (κ3) is 4.39. The van der Waals surface area contributed by atoms with Gasteiger partial charge in [-0.2, -0.15) is 0 Å². The van der Waals surface area contributed by atoms with Crippen LogP contribution in [-0.4, -0.2) is 5.91 Å². The molecule has 0 N–H and O–H groups in total. The van der Waals surface area contributed by atoms with Gasteiger partial charge in [0.15, 0.2) is 0 Å². The zero-order valence-corrected chi connectivity index (χ0v) is 20.9. The topological polar surface area (TPSA) is 33.5 Å². The van der Waals surface area contributed by atoms with Gasteiger partial charge in [-0.05, 0) is 72.7 Å². The van der Waals surface area contributed by atoms with E-state index >= 15 is 0 Å². The van der Waals surface area contributed by atoms with E-state index in [1.807, 2.05) is 104 Å². The molecule has 3 aromatic carbocycles. The molecule has 0 aliphatic carbocycles. The summed E-state index contributed by atoms with van der Waals surface area (Å²) >= 11 is 6.97. The smallest absolute Gasteiger partial charge is 0.263 e. The Morgan fingerprint density at radius 2 is 1.55 bits per heavy atom. The Kier molecular flexibility index (Phi) is 5.92. The first-order valence-corrected chi connectivity index (χ1v) is 12.0. The lowest BCUT2D eigenvalue weighted by Gasteiger charge is -2.23. The number of hydrogen-bond donors (Lipinski definition) is 0. The predicted molar refractivity (Wildman–Crippen MR) is 141 cm³/mol. The molecule has 0 fully saturated rings. The molecule has 5 rings (SSSR count). The molecule has 0 saturated carbocycles. The van der Waals surface area contributed by atoms with Crippen molar-refractivity contribution in [2.24, 2.45) is 0 Å². The van der Waals surface area contributed by atoms with Crippen molar-refractivity contribution in [2.75, 3.05) is 4.90 Å². The Morgan fingerprint density at radius 3 is 2.27 bits per heavy atom. The highest BCUT2D eigenvalue weighted by molar-refractivity contribution is 9.10. The first kappa shape index (κ1) is 21.7. The van der Waals surface area contributed by atoms with E-state index in [2.05, 4.69) is 31.9 Å². The Bertz CT molecular complexity index is 1400. The summed E-state index contributed by atoms with van der Waals surface area (Å²) in [5, 5.41) is 0. The Labute approximate surface area is 209 Å². The van der Waals surface area contributed by atoms with Gasteiger partial charge in [0.05, 0.1) is 11.4 Å². The number of halogens is 2. The minimum atomic E-state index is -0.0825. The molecule has 0 bridgehead atoms. The van der Waals surface area contributed by atoms with E-state index in [4.69, 9.17) is 4.42 Å². The molecule has 1 aromatic heterocycles. The standard InChI is InChI=1S/C28H19Br2NO2/c1-18-15-23(30)11-13-25(18)31-26(19-5-3-2-4-6-19)17-21(28(31)32)16-24-12-14-27(33-24)20-7-9-22(29)10-8-20/h2-17H,1H3/b21-16+. The van der Waals surface area contributed by atoms with Crippen molar-refractivity contribution >= 4 is 55.2 Å². The van der Waals surface area contributed by atoms with Gasteiger partial charge in [-0.25, -0.2) is 0 Å². The average molecular weight is 561 g/mol. The average Bonchev–Trinajstić information content (AvgIpc) is 3.40. The summed E-state index contributed by atoms with van der Waals surface area (Å²) in [6.45, 7) is 2.01. The summed E-state index contributed by atoms with van der Waals surface area (Å²) in [6.07, 6.45) is 3.74. The highest BCUT2D eigenvalue weighted by atomic mass is 79.9. The van der Waals surface area contributed by atoms with Crippen LogP contribution >= 0.6 is 31.9 Å². The lowest BCUT2D eigenvalue weighted by Crippen LogP contribution is -2.25. The Morgan fingerprint density at radius 1 is 0.818 bits per heavy atom. The van der Waals surface area contributed by atoms with E-state index in [1.165, 1.54) is 0 Å². The number of hydrogen-bond acceptors (Lipinski definition) is 2. The fraction of sp³-hybridized carbons (Fsp3) is 0.0357. The van der Waals surface area contributed by atoms with Crippen LogP contribution in [0.25, 0.3) is 23.1 Å². The van der Waals surface area contributed by atoms with Gasteiger partial charge in [0.1, 0.15) is 11.5 Å². The van der Waals surface area contributed by atoms with E-state index in [1.54, 1.807) is 4.90 Å². The molecule has 1 amide bonds. The van der Waals surface area contributed by atoms with Gasteiger partial charge in [-0.3, -0.25) is 9.69 Å². The number of furan rings is 1. The number of rotatable bonds is 4. The maximum absolute atomic E-state index is 13.6. The summed E-state index contributed by atoms with van der Waals surface area (Å²) in [6, 6.07) is 27.7. The predicted octanol–water partition coefficient (Wildman–Crippen LogP) is 8.25. The van der Waals surface area contributed by atoms with E-state index in [-0.39, 0.29) is 5.91 Å². The molecule has 5 heteroatoms. The molecule has 4 aromatic rings. The van der Waals surface area contributed by atoms with Crippen molar-refractivity contribution in [3.05, 3.63) is 122 Å². The molecule has 0 spiro atoms. The van der Waals surface area contributed by atoms with Crippen LogP contribution < -0.4 is 4.90 Å². The Balaban J connectivity index is 1.56. The zero-order chi connectivity index (χ0) is 22.9. The summed E-state index contributed by atoms with van der Waals surface area (Å²) in [7, 11) is 0. The van der Waals surface area contributed by atoms with E-state index in [0.717, 1.165) is 42.8 Å². The van der Waals surface area contributed by atoms with Crippen LogP contribution in [0, 0.1) is 6.92 Å². The van der Waals surface area contributed by atoms with Crippen molar-refractivity contribution in [3.63, 3.8) is 0 Å². The fourth-order valence-electron chi connectivity index (χ4n) is 3.90. The van der Waals surface area contributed by atoms with Crippen molar-refractivity contribution in [3.8, 4) is 11.3 Å². The van der Waals surface area contributed by atoms with Crippen LogP contribution in [0.4, 0.5) is 5.69 Å². The normalized spacial score (nSPS) is 14.8. The summed E-state index contributed by atoms with van der Waals surface area (Å²) in [4.78, 5) is 15.4. The molecular formula is C28H19Br2NO2. The largest absolute Gasteiger partial charge is 0.457 e. The molecular weight excluding hydrogens is 542 g/mol. The monoisotopic (exact) mass is 559 g/mol. The van der Waals surface area contributed by atoms with Crippen LogP contribution in [-0.2, 0) is 4.79 Å². The quantitative estimate of drug-likeness (QED) is 0.235. The van der Waals surface area contributed by atoms with Crippen molar-refractivity contribution in [2.45, 2.75) is 6.92 Å². The van der Waals surface area contributed by atoms with Crippen molar-refractivity contribution in [1.82, 2.24) is 0 Å². The number of nitrogens with zero attached hydrogens (tertiary/aromatic N) is 1. The van der Waals surface area contributed by atoms with Gasteiger partial charge in [-0.1, -0.05) is 74.3 Å². The number of anilines is 1. The minimum Gasteiger partial charge on any atom is -0.457 e. The summed E-state index contributed by atoms with van der Waals surface area (Å²) < 4.78 is 8.04. The Hall–Kier alpha value is -3.15. The molecule has 1 aliphatic rings. The molecule has 2 heterocycles. The van der Waals surface area contributed by atoms with Gasteiger partial charge in [0.25, 0.3) is 5.91 Å². The first-order chi connectivity index (χ1) is 16.0. The molecule has 0 unspecified atom stereocenters. The van der Waals surface area contributed by atoms with Crippen LogP contribution in [0.5, 0.6) is 0 Å².